The van der Waals surface area contributed by atoms with E-state index in [1.54, 1.807) is 11.0 Å². The number of hydrogen-bond acceptors (Lipinski definition) is 2. The van der Waals surface area contributed by atoms with Gasteiger partial charge >= 0.3 is 0 Å². The third-order valence-electron chi connectivity index (χ3n) is 3.21. The van der Waals surface area contributed by atoms with E-state index in [1.807, 2.05) is 0 Å². The number of rotatable bonds is 2. The molecule has 0 bridgehead atoms. The molecule has 0 radical (unpaired) electrons. The Morgan fingerprint density at radius 1 is 1.44 bits per heavy atom. The quantitative estimate of drug-likeness (QED) is 0.863. The Kier molecular flexibility index (Phi) is 3.91. The lowest BCUT2D eigenvalue weighted by Crippen LogP contribution is -2.53. The zero-order valence-electron chi connectivity index (χ0n) is 10.2. The lowest BCUT2D eigenvalue weighted by molar-refractivity contribution is -0.131. The standard InChI is InChI=1S/C13H16F2N2O/c1-9(18)17-5-4-16-8-11(17)6-10-2-3-12(14)13(15)7-10/h2-3,7,11,16H,4-6,8H2,1H3. The first kappa shape index (κ1) is 13.0. The number of amides is 1. The zero-order chi connectivity index (χ0) is 13.1. The smallest absolute Gasteiger partial charge is 0.219 e. The van der Waals surface area contributed by atoms with Gasteiger partial charge in [-0.3, -0.25) is 4.79 Å². The molecular formula is C13H16F2N2O. The van der Waals surface area contributed by atoms with Crippen molar-refractivity contribution in [2.75, 3.05) is 19.6 Å². The molecule has 1 aliphatic heterocycles. The molecular weight excluding hydrogens is 238 g/mol. The lowest BCUT2D eigenvalue weighted by atomic mass is 10.0. The van der Waals surface area contributed by atoms with Crippen molar-refractivity contribution in [1.82, 2.24) is 10.2 Å². The van der Waals surface area contributed by atoms with E-state index in [2.05, 4.69) is 5.32 Å². The molecule has 3 nitrogen and oxygen atoms in total. The molecule has 0 aliphatic carbocycles. The van der Waals surface area contributed by atoms with Crippen LogP contribution in [0.25, 0.3) is 0 Å². The maximum absolute atomic E-state index is 13.1. The van der Waals surface area contributed by atoms with E-state index in [9.17, 15) is 13.6 Å². The van der Waals surface area contributed by atoms with Gasteiger partial charge in [-0.2, -0.15) is 0 Å². The molecule has 98 valence electrons. The van der Waals surface area contributed by atoms with E-state index >= 15 is 0 Å². The summed E-state index contributed by atoms with van der Waals surface area (Å²) < 4.78 is 25.9. The molecule has 1 amide bonds. The highest BCUT2D eigenvalue weighted by Crippen LogP contribution is 2.14. The summed E-state index contributed by atoms with van der Waals surface area (Å²) in [5, 5.41) is 3.20. The predicted molar refractivity (Wildman–Crippen MR) is 64.1 cm³/mol. The van der Waals surface area contributed by atoms with Gasteiger partial charge in [0.25, 0.3) is 0 Å². The van der Waals surface area contributed by atoms with Crippen molar-refractivity contribution in [2.24, 2.45) is 0 Å². The maximum atomic E-state index is 13.1. The van der Waals surface area contributed by atoms with Crippen LogP contribution in [0.5, 0.6) is 0 Å². The van der Waals surface area contributed by atoms with Crippen molar-refractivity contribution in [3.8, 4) is 0 Å². The van der Waals surface area contributed by atoms with Gasteiger partial charge in [-0.25, -0.2) is 8.78 Å². The zero-order valence-corrected chi connectivity index (χ0v) is 10.2. The van der Waals surface area contributed by atoms with Gasteiger partial charge in [0.05, 0.1) is 0 Å². The van der Waals surface area contributed by atoms with E-state index in [1.165, 1.54) is 13.0 Å². The van der Waals surface area contributed by atoms with Crippen LogP contribution in [0.15, 0.2) is 18.2 Å². The number of piperazine rings is 1. The maximum Gasteiger partial charge on any atom is 0.219 e. The molecule has 0 spiro atoms. The number of benzene rings is 1. The first-order valence-electron chi connectivity index (χ1n) is 6.00. The summed E-state index contributed by atoms with van der Waals surface area (Å²) in [7, 11) is 0. The van der Waals surface area contributed by atoms with Gasteiger partial charge in [0.1, 0.15) is 0 Å². The average molecular weight is 254 g/mol. The largest absolute Gasteiger partial charge is 0.337 e. The Bertz CT molecular complexity index is 451. The van der Waals surface area contributed by atoms with Crippen LogP contribution in [0, 0.1) is 11.6 Å². The van der Waals surface area contributed by atoms with Crippen LogP contribution in [0.1, 0.15) is 12.5 Å². The number of nitrogens with zero attached hydrogens (tertiary/aromatic N) is 1. The van der Waals surface area contributed by atoms with Gasteiger partial charge < -0.3 is 10.2 Å². The molecule has 1 atom stereocenters. The number of nitrogens with one attached hydrogen (secondary N) is 1. The van der Waals surface area contributed by atoms with Crippen molar-refractivity contribution in [1.29, 1.82) is 0 Å². The molecule has 1 N–H and O–H groups in total. The Labute approximate surface area is 105 Å². The minimum Gasteiger partial charge on any atom is -0.337 e. The van der Waals surface area contributed by atoms with Crippen LogP contribution in [0.4, 0.5) is 8.78 Å². The minimum absolute atomic E-state index is 0.00103. The summed E-state index contributed by atoms with van der Waals surface area (Å²) in [6.07, 6.45) is 0.532. The first-order valence-corrected chi connectivity index (χ1v) is 6.00. The van der Waals surface area contributed by atoms with Gasteiger partial charge in [0, 0.05) is 32.6 Å². The Balaban J connectivity index is 2.10. The van der Waals surface area contributed by atoms with Crippen LogP contribution in [0.2, 0.25) is 0 Å². The van der Waals surface area contributed by atoms with Gasteiger partial charge in [0.2, 0.25) is 5.91 Å². The van der Waals surface area contributed by atoms with E-state index in [4.69, 9.17) is 0 Å². The van der Waals surface area contributed by atoms with Gasteiger partial charge in [-0.05, 0) is 24.1 Å². The summed E-state index contributed by atoms with van der Waals surface area (Å²) in [4.78, 5) is 13.3. The van der Waals surface area contributed by atoms with Crippen molar-refractivity contribution >= 4 is 5.91 Å². The molecule has 1 fully saturated rings. The highest BCUT2D eigenvalue weighted by atomic mass is 19.2. The fraction of sp³-hybridized carbons (Fsp3) is 0.462. The third kappa shape index (κ3) is 2.85. The Morgan fingerprint density at radius 3 is 2.89 bits per heavy atom. The van der Waals surface area contributed by atoms with E-state index < -0.39 is 11.6 Å². The lowest BCUT2D eigenvalue weighted by Gasteiger charge is -2.35. The Hall–Kier alpha value is -1.49. The molecule has 1 unspecified atom stereocenters. The fourth-order valence-electron chi connectivity index (χ4n) is 2.30. The molecule has 2 rings (SSSR count). The van der Waals surface area contributed by atoms with Crippen molar-refractivity contribution in [3.05, 3.63) is 35.4 Å². The molecule has 0 saturated carbocycles. The fourth-order valence-corrected chi connectivity index (χ4v) is 2.30. The third-order valence-corrected chi connectivity index (χ3v) is 3.21. The number of carbonyl (C=O) groups excluding carboxylic acids is 1. The SMILES string of the molecule is CC(=O)N1CCNCC1Cc1ccc(F)c(F)c1. The molecule has 1 heterocycles. The second-order valence-corrected chi connectivity index (χ2v) is 4.52. The second kappa shape index (κ2) is 5.44. The van der Waals surface area contributed by atoms with Crippen molar-refractivity contribution in [2.45, 2.75) is 19.4 Å². The van der Waals surface area contributed by atoms with Gasteiger partial charge in [-0.1, -0.05) is 6.07 Å². The van der Waals surface area contributed by atoms with Gasteiger partial charge in [0.15, 0.2) is 11.6 Å². The number of halogens is 2. The summed E-state index contributed by atoms with van der Waals surface area (Å²) in [6.45, 7) is 3.64. The van der Waals surface area contributed by atoms with Crippen molar-refractivity contribution < 1.29 is 13.6 Å². The van der Waals surface area contributed by atoms with E-state index in [0.717, 1.165) is 12.6 Å². The average Bonchev–Trinajstić information content (AvgIpc) is 2.34. The summed E-state index contributed by atoms with van der Waals surface area (Å²) in [6, 6.07) is 3.88. The van der Waals surface area contributed by atoms with Crippen molar-refractivity contribution in [3.63, 3.8) is 0 Å². The summed E-state index contributed by atoms with van der Waals surface area (Å²) in [5.41, 5.74) is 0.703. The first-order chi connectivity index (χ1) is 8.58. The Morgan fingerprint density at radius 2 is 2.22 bits per heavy atom. The van der Waals surface area contributed by atoms with Crippen LogP contribution in [-0.2, 0) is 11.2 Å². The summed E-state index contributed by atoms with van der Waals surface area (Å²) >= 11 is 0. The van der Waals surface area contributed by atoms with Crippen LogP contribution in [-0.4, -0.2) is 36.5 Å². The molecule has 18 heavy (non-hydrogen) atoms. The highest BCUT2D eigenvalue weighted by molar-refractivity contribution is 5.73. The highest BCUT2D eigenvalue weighted by Gasteiger charge is 2.24. The normalized spacial score (nSPS) is 19.9. The monoisotopic (exact) mass is 254 g/mol. The van der Waals surface area contributed by atoms with E-state index in [-0.39, 0.29) is 11.9 Å². The molecule has 1 aliphatic rings. The molecule has 5 heteroatoms. The van der Waals surface area contributed by atoms with Crippen LogP contribution >= 0.6 is 0 Å². The second-order valence-electron chi connectivity index (χ2n) is 4.52. The minimum atomic E-state index is -0.844. The van der Waals surface area contributed by atoms with Crippen LogP contribution in [0.3, 0.4) is 0 Å². The summed E-state index contributed by atoms with van der Waals surface area (Å²) in [5.74, 6) is -1.67. The topological polar surface area (TPSA) is 32.3 Å². The number of carbonyl (C=O) groups is 1. The molecule has 0 aromatic heterocycles. The molecule has 1 aromatic carbocycles. The molecule has 1 saturated heterocycles. The molecule has 1 aromatic rings. The number of hydrogen-bond donors (Lipinski definition) is 1. The van der Waals surface area contributed by atoms with Crippen LogP contribution < -0.4 is 5.32 Å². The van der Waals surface area contributed by atoms with Gasteiger partial charge in [-0.15, -0.1) is 0 Å². The van der Waals surface area contributed by atoms with E-state index in [0.29, 0.717) is 25.1 Å². The predicted octanol–water partition coefficient (Wildman–Crippen LogP) is 1.33.